The van der Waals surface area contributed by atoms with Crippen molar-refractivity contribution < 1.29 is 13.2 Å². The van der Waals surface area contributed by atoms with Gasteiger partial charge in [-0.2, -0.15) is 4.72 Å². The number of nitrogens with zero attached hydrogens (tertiary/aromatic N) is 2. The van der Waals surface area contributed by atoms with Gasteiger partial charge in [-0.1, -0.05) is 26.8 Å². The molecule has 1 amide bonds. The van der Waals surface area contributed by atoms with Crippen LogP contribution in [0.25, 0.3) is 0 Å². The van der Waals surface area contributed by atoms with Crippen LogP contribution in [-0.4, -0.2) is 76.0 Å². The van der Waals surface area contributed by atoms with Crippen LogP contribution in [-0.2, 0) is 14.8 Å². The number of likely N-dealkylation sites (N-methyl/N-ethyl adjacent to an activating group) is 1. The maximum Gasteiger partial charge on any atom is 0.250 e. The lowest BCUT2D eigenvalue weighted by molar-refractivity contribution is -0.123. The van der Waals surface area contributed by atoms with Crippen LogP contribution >= 0.6 is 11.3 Å². The zero-order valence-electron chi connectivity index (χ0n) is 15.8. The summed E-state index contributed by atoms with van der Waals surface area (Å²) < 4.78 is 27.6. The fourth-order valence-electron chi connectivity index (χ4n) is 2.91. The van der Waals surface area contributed by atoms with Crippen LogP contribution in [0, 0.1) is 5.92 Å². The second-order valence-corrected chi connectivity index (χ2v) is 9.73. The summed E-state index contributed by atoms with van der Waals surface area (Å²) in [5, 5.41) is 4.59. The van der Waals surface area contributed by atoms with Gasteiger partial charge in [0.2, 0.25) is 5.91 Å². The minimum atomic E-state index is -3.67. The van der Waals surface area contributed by atoms with Gasteiger partial charge in [-0.25, -0.2) is 8.42 Å². The Bertz CT molecular complexity index is 654. The van der Waals surface area contributed by atoms with Gasteiger partial charge >= 0.3 is 0 Å². The topological polar surface area (TPSA) is 81.8 Å². The van der Waals surface area contributed by atoms with E-state index >= 15 is 0 Å². The van der Waals surface area contributed by atoms with Crippen LogP contribution in [0.5, 0.6) is 0 Å². The quantitative estimate of drug-likeness (QED) is 0.639. The van der Waals surface area contributed by atoms with Gasteiger partial charge in [0.15, 0.2) is 0 Å². The van der Waals surface area contributed by atoms with Crippen molar-refractivity contribution in [3.63, 3.8) is 0 Å². The Morgan fingerprint density at radius 1 is 1.23 bits per heavy atom. The van der Waals surface area contributed by atoms with Crippen molar-refractivity contribution in [3.05, 3.63) is 17.5 Å². The van der Waals surface area contributed by atoms with Crippen molar-refractivity contribution in [2.45, 2.75) is 31.0 Å². The van der Waals surface area contributed by atoms with E-state index in [0.717, 1.165) is 50.6 Å². The van der Waals surface area contributed by atoms with Gasteiger partial charge in [-0.05, 0) is 23.9 Å². The molecule has 1 aliphatic heterocycles. The van der Waals surface area contributed by atoms with E-state index in [1.165, 1.54) is 6.07 Å². The van der Waals surface area contributed by atoms with E-state index in [1.54, 1.807) is 11.4 Å². The molecule has 0 spiro atoms. The summed E-state index contributed by atoms with van der Waals surface area (Å²) in [6, 6.07) is 2.44. The molecule has 0 aromatic carbocycles. The van der Waals surface area contributed by atoms with Crippen molar-refractivity contribution in [1.29, 1.82) is 0 Å². The van der Waals surface area contributed by atoms with E-state index in [9.17, 15) is 13.2 Å². The molecule has 2 N–H and O–H groups in total. The van der Waals surface area contributed by atoms with Crippen molar-refractivity contribution in [2.75, 3.05) is 45.8 Å². The smallest absolute Gasteiger partial charge is 0.250 e. The number of rotatable bonds is 9. The number of thiophene rings is 1. The summed E-state index contributed by atoms with van der Waals surface area (Å²) >= 11 is 1.14. The molecule has 7 nitrogen and oxygen atoms in total. The Balaban J connectivity index is 1.83. The number of carbonyl (C=O) groups excluding carboxylic acids is 1. The number of carbonyl (C=O) groups is 1. The molecule has 2 heterocycles. The molecular weight excluding hydrogens is 372 g/mol. The molecule has 26 heavy (non-hydrogen) atoms. The van der Waals surface area contributed by atoms with Gasteiger partial charge in [0, 0.05) is 39.3 Å². The van der Waals surface area contributed by atoms with E-state index in [2.05, 4.69) is 26.8 Å². The van der Waals surface area contributed by atoms with Crippen LogP contribution in [0.15, 0.2) is 21.7 Å². The summed E-state index contributed by atoms with van der Waals surface area (Å²) in [6.07, 6.45) is 0. The minimum absolute atomic E-state index is 0.141. The van der Waals surface area contributed by atoms with Gasteiger partial charge < -0.3 is 10.2 Å². The van der Waals surface area contributed by atoms with Crippen molar-refractivity contribution in [2.24, 2.45) is 5.92 Å². The predicted octanol–water partition coefficient (Wildman–Crippen LogP) is 0.805. The first-order chi connectivity index (χ1) is 12.3. The molecular formula is C17H30N4O3S2. The van der Waals surface area contributed by atoms with Gasteiger partial charge in [-0.3, -0.25) is 9.69 Å². The molecule has 0 saturated carbocycles. The fourth-order valence-corrected chi connectivity index (χ4v) is 5.26. The predicted molar refractivity (Wildman–Crippen MR) is 105 cm³/mol. The number of hydrogen-bond acceptors (Lipinski definition) is 6. The van der Waals surface area contributed by atoms with Crippen LogP contribution in [0.1, 0.15) is 20.8 Å². The van der Waals surface area contributed by atoms with Crippen LogP contribution in [0.2, 0.25) is 0 Å². The Morgan fingerprint density at radius 3 is 2.42 bits per heavy atom. The third-order valence-electron chi connectivity index (χ3n) is 4.63. The third kappa shape index (κ3) is 6.02. The van der Waals surface area contributed by atoms with Gasteiger partial charge in [0.1, 0.15) is 10.3 Å². The van der Waals surface area contributed by atoms with Crippen molar-refractivity contribution >= 4 is 27.3 Å². The first-order valence-corrected chi connectivity index (χ1v) is 11.5. The van der Waals surface area contributed by atoms with E-state index < -0.39 is 16.1 Å². The first-order valence-electron chi connectivity index (χ1n) is 9.11. The Hall–Kier alpha value is -1.00. The molecule has 9 heteroatoms. The second kappa shape index (κ2) is 9.80. The summed E-state index contributed by atoms with van der Waals surface area (Å²) in [5.74, 6) is -0.412. The average molecular weight is 403 g/mol. The first kappa shape index (κ1) is 21.3. The SMILES string of the molecule is CCN1CCN(CCNC(=O)[C@H](NS(=O)(=O)c2cccs2)C(C)C)CC1. The van der Waals surface area contributed by atoms with Gasteiger partial charge in [0.25, 0.3) is 10.0 Å². The van der Waals surface area contributed by atoms with E-state index in [-0.39, 0.29) is 16.0 Å². The Kier molecular flexibility index (Phi) is 8.03. The lowest BCUT2D eigenvalue weighted by Gasteiger charge is -2.34. The molecule has 1 aromatic rings. The number of sulfonamides is 1. The van der Waals surface area contributed by atoms with Crippen LogP contribution < -0.4 is 10.0 Å². The highest BCUT2D eigenvalue weighted by Crippen LogP contribution is 2.17. The maximum atomic E-state index is 12.5. The van der Waals surface area contributed by atoms with Gasteiger partial charge in [-0.15, -0.1) is 11.3 Å². The second-order valence-electron chi connectivity index (χ2n) is 6.84. The van der Waals surface area contributed by atoms with Crippen molar-refractivity contribution in [3.8, 4) is 0 Å². The molecule has 1 fully saturated rings. The Morgan fingerprint density at radius 2 is 1.88 bits per heavy atom. The number of nitrogens with one attached hydrogen (secondary N) is 2. The highest BCUT2D eigenvalue weighted by Gasteiger charge is 2.28. The standard InChI is InChI=1S/C17H30N4O3S2/c1-4-20-9-11-21(12-10-20)8-7-18-17(22)16(14(2)3)19-26(23,24)15-6-5-13-25-15/h5-6,13-14,16,19H,4,7-12H2,1-3H3,(H,18,22)/t16-/m1/s1. The molecule has 0 unspecified atom stereocenters. The molecule has 1 saturated heterocycles. The number of amides is 1. The summed E-state index contributed by atoms with van der Waals surface area (Å²) in [7, 11) is -3.67. The number of hydrogen-bond donors (Lipinski definition) is 2. The Labute approximate surface area is 160 Å². The largest absolute Gasteiger partial charge is 0.353 e. The summed E-state index contributed by atoms with van der Waals surface area (Å²) in [5.41, 5.74) is 0. The lowest BCUT2D eigenvalue weighted by atomic mass is 10.1. The van der Waals surface area contributed by atoms with E-state index in [4.69, 9.17) is 0 Å². The van der Waals surface area contributed by atoms with E-state index in [0.29, 0.717) is 6.54 Å². The fraction of sp³-hybridized carbons (Fsp3) is 0.706. The van der Waals surface area contributed by atoms with E-state index in [1.807, 2.05) is 13.8 Å². The van der Waals surface area contributed by atoms with Crippen molar-refractivity contribution in [1.82, 2.24) is 19.8 Å². The highest BCUT2D eigenvalue weighted by molar-refractivity contribution is 7.91. The third-order valence-corrected chi connectivity index (χ3v) is 7.47. The average Bonchev–Trinajstić information content (AvgIpc) is 3.15. The van der Waals surface area contributed by atoms with Gasteiger partial charge in [0.05, 0.1) is 0 Å². The zero-order chi connectivity index (χ0) is 19.2. The molecule has 1 atom stereocenters. The molecule has 2 rings (SSSR count). The molecule has 0 aliphatic carbocycles. The van der Waals surface area contributed by atoms with Crippen LogP contribution in [0.4, 0.5) is 0 Å². The van der Waals surface area contributed by atoms with Crippen LogP contribution in [0.3, 0.4) is 0 Å². The maximum absolute atomic E-state index is 12.5. The molecule has 0 bridgehead atoms. The monoisotopic (exact) mass is 402 g/mol. The lowest BCUT2D eigenvalue weighted by Crippen LogP contribution is -2.52. The summed E-state index contributed by atoms with van der Waals surface area (Å²) in [6.45, 7) is 12.3. The zero-order valence-corrected chi connectivity index (χ0v) is 17.4. The highest BCUT2D eigenvalue weighted by atomic mass is 32.2. The molecule has 0 radical (unpaired) electrons. The summed E-state index contributed by atoms with van der Waals surface area (Å²) in [4.78, 5) is 17.2. The molecule has 1 aliphatic rings. The number of piperazine rings is 1. The minimum Gasteiger partial charge on any atom is -0.353 e. The molecule has 1 aromatic heterocycles. The normalized spacial score (nSPS) is 18.2. The molecule has 148 valence electrons.